The van der Waals surface area contributed by atoms with Gasteiger partial charge in [-0.15, -0.1) is 0 Å². The third-order valence-corrected chi connectivity index (χ3v) is 3.77. The lowest BCUT2D eigenvalue weighted by molar-refractivity contribution is 0.0721. The molecule has 0 amide bonds. The van der Waals surface area contributed by atoms with Gasteiger partial charge in [0.25, 0.3) is 5.75 Å². The number of hydrogen-bond acceptors (Lipinski definition) is 6. The predicted molar refractivity (Wildman–Crippen MR) is 96.0 cm³/mol. The number of benzene rings is 2. The molecule has 0 spiro atoms. The fourth-order valence-electron chi connectivity index (χ4n) is 2.46. The van der Waals surface area contributed by atoms with Gasteiger partial charge in [0.2, 0.25) is 0 Å². The molecule has 134 valence electrons. The molecule has 0 saturated heterocycles. The van der Waals surface area contributed by atoms with Gasteiger partial charge < -0.3 is 19.0 Å². The molecule has 1 aromatic heterocycles. The van der Waals surface area contributed by atoms with Crippen molar-refractivity contribution in [1.82, 2.24) is 0 Å². The maximum atomic E-state index is 12.4. The van der Waals surface area contributed by atoms with E-state index in [0.29, 0.717) is 6.61 Å². The van der Waals surface area contributed by atoms with Crippen LogP contribution in [-0.2, 0) is 0 Å². The van der Waals surface area contributed by atoms with Gasteiger partial charge in [0, 0.05) is 0 Å². The average molecular weight is 354 g/mol. The summed E-state index contributed by atoms with van der Waals surface area (Å²) >= 11 is 0. The lowest BCUT2D eigenvalue weighted by Gasteiger charge is -2.13. The zero-order valence-corrected chi connectivity index (χ0v) is 14.2. The zero-order valence-electron chi connectivity index (χ0n) is 14.2. The molecule has 0 aliphatic heterocycles. The smallest absolute Gasteiger partial charge is 0.383 e. The van der Waals surface area contributed by atoms with Crippen LogP contribution in [0.4, 0.5) is 0 Å². The molecular formula is C20H18O6. The SMILES string of the molecule is CCCCOc1c(OC(=O)c2ccccc2)c(=O)oc2cccc(O)c12. The summed E-state index contributed by atoms with van der Waals surface area (Å²) in [4.78, 5) is 24.7. The summed E-state index contributed by atoms with van der Waals surface area (Å²) in [5.41, 5.74) is -0.413. The molecule has 26 heavy (non-hydrogen) atoms. The van der Waals surface area contributed by atoms with Crippen LogP contribution in [0, 0.1) is 0 Å². The van der Waals surface area contributed by atoms with Gasteiger partial charge in [0.1, 0.15) is 16.7 Å². The summed E-state index contributed by atoms with van der Waals surface area (Å²) < 4.78 is 16.2. The molecule has 0 atom stereocenters. The Bertz CT molecular complexity index is 975. The molecule has 0 aliphatic carbocycles. The minimum atomic E-state index is -0.848. The van der Waals surface area contributed by atoms with Gasteiger partial charge >= 0.3 is 11.6 Å². The van der Waals surface area contributed by atoms with Crippen LogP contribution in [0.1, 0.15) is 30.1 Å². The van der Waals surface area contributed by atoms with E-state index < -0.39 is 11.6 Å². The van der Waals surface area contributed by atoms with E-state index in [1.54, 1.807) is 36.4 Å². The van der Waals surface area contributed by atoms with Gasteiger partial charge in [-0.1, -0.05) is 37.6 Å². The fraction of sp³-hybridized carbons (Fsp3) is 0.200. The molecule has 3 aromatic rings. The predicted octanol–water partition coefficient (Wildman–Crippen LogP) is 3.90. The van der Waals surface area contributed by atoms with Crippen LogP contribution in [-0.4, -0.2) is 17.7 Å². The molecule has 3 rings (SSSR count). The molecule has 0 fully saturated rings. The zero-order chi connectivity index (χ0) is 18.5. The fourth-order valence-corrected chi connectivity index (χ4v) is 2.46. The first-order valence-corrected chi connectivity index (χ1v) is 8.30. The van der Waals surface area contributed by atoms with Crippen molar-refractivity contribution in [2.75, 3.05) is 6.61 Å². The Morgan fingerprint density at radius 2 is 1.85 bits per heavy atom. The summed E-state index contributed by atoms with van der Waals surface area (Å²) in [6.45, 7) is 2.30. The highest BCUT2D eigenvalue weighted by Gasteiger charge is 2.23. The minimum Gasteiger partial charge on any atom is -0.507 e. The van der Waals surface area contributed by atoms with E-state index in [-0.39, 0.29) is 33.8 Å². The molecule has 2 aromatic carbocycles. The Balaban J connectivity index is 2.09. The van der Waals surface area contributed by atoms with Crippen LogP contribution in [0.3, 0.4) is 0 Å². The van der Waals surface area contributed by atoms with Gasteiger partial charge in [0.05, 0.1) is 12.2 Å². The maximum Gasteiger partial charge on any atom is 0.383 e. The Hall–Kier alpha value is -3.28. The molecule has 0 unspecified atom stereocenters. The number of fused-ring (bicyclic) bond motifs is 1. The van der Waals surface area contributed by atoms with Gasteiger partial charge in [0.15, 0.2) is 5.75 Å². The monoisotopic (exact) mass is 354 g/mol. The number of unbranched alkanes of at least 4 members (excludes halogenated alkanes) is 1. The second kappa shape index (κ2) is 7.74. The van der Waals surface area contributed by atoms with Crippen molar-refractivity contribution in [1.29, 1.82) is 0 Å². The third-order valence-electron chi connectivity index (χ3n) is 3.77. The Labute approximate surface area is 149 Å². The van der Waals surface area contributed by atoms with Gasteiger partial charge in [-0.05, 0) is 30.7 Å². The number of ether oxygens (including phenoxy) is 2. The quantitative estimate of drug-likeness (QED) is 0.410. The highest BCUT2D eigenvalue weighted by molar-refractivity contribution is 5.94. The topological polar surface area (TPSA) is 86.0 Å². The van der Waals surface area contributed by atoms with Crippen molar-refractivity contribution in [2.45, 2.75) is 19.8 Å². The molecule has 6 nitrogen and oxygen atoms in total. The van der Waals surface area contributed by atoms with Gasteiger partial charge in [-0.25, -0.2) is 9.59 Å². The number of carbonyl (C=O) groups excluding carboxylic acids is 1. The van der Waals surface area contributed by atoms with Crippen molar-refractivity contribution >= 4 is 16.9 Å². The van der Waals surface area contributed by atoms with Crippen LogP contribution < -0.4 is 15.1 Å². The van der Waals surface area contributed by atoms with Crippen molar-refractivity contribution in [2.24, 2.45) is 0 Å². The van der Waals surface area contributed by atoms with E-state index in [1.807, 2.05) is 6.92 Å². The van der Waals surface area contributed by atoms with Crippen molar-refractivity contribution in [3.8, 4) is 17.2 Å². The molecule has 6 heteroatoms. The number of hydrogen-bond donors (Lipinski definition) is 1. The highest BCUT2D eigenvalue weighted by atomic mass is 16.6. The summed E-state index contributed by atoms with van der Waals surface area (Å²) in [5, 5.41) is 10.4. The van der Waals surface area contributed by atoms with Crippen LogP contribution >= 0.6 is 0 Å². The normalized spacial score (nSPS) is 10.7. The second-order valence-electron chi connectivity index (χ2n) is 5.66. The number of carbonyl (C=O) groups is 1. The van der Waals surface area contributed by atoms with Crippen LogP contribution in [0.5, 0.6) is 17.2 Å². The van der Waals surface area contributed by atoms with E-state index in [2.05, 4.69) is 0 Å². The molecule has 0 saturated carbocycles. The van der Waals surface area contributed by atoms with Crippen LogP contribution in [0.2, 0.25) is 0 Å². The van der Waals surface area contributed by atoms with E-state index in [4.69, 9.17) is 13.9 Å². The summed E-state index contributed by atoms with van der Waals surface area (Å²) in [6.07, 6.45) is 1.62. The molecule has 1 N–H and O–H groups in total. The number of rotatable bonds is 6. The number of aromatic hydroxyl groups is 1. The Morgan fingerprint density at radius 3 is 2.58 bits per heavy atom. The molecular weight excluding hydrogens is 336 g/mol. The first kappa shape index (κ1) is 17.5. The number of esters is 1. The minimum absolute atomic E-state index is 0.00656. The second-order valence-corrected chi connectivity index (χ2v) is 5.66. The van der Waals surface area contributed by atoms with Crippen LogP contribution in [0.15, 0.2) is 57.7 Å². The molecule has 1 heterocycles. The average Bonchev–Trinajstić information content (AvgIpc) is 2.65. The highest BCUT2D eigenvalue weighted by Crippen LogP contribution is 2.38. The van der Waals surface area contributed by atoms with Crippen molar-refractivity contribution in [3.63, 3.8) is 0 Å². The first-order chi connectivity index (χ1) is 12.6. The number of phenolic OH excluding ortho intramolecular Hbond substituents is 1. The first-order valence-electron chi connectivity index (χ1n) is 8.30. The Morgan fingerprint density at radius 1 is 1.08 bits per heavy atom. The third kappa shape index (κ3) is 3.54. The van der Waals surface area contributed by atoms with Crippen LogP contribution in [0.25, 0.3) is 11.0 Å². The molecule has 0 radical (unpaired) electrons. The summed E-state index contributed by atoms with van der Waals surface area (Å²) in [7, 11) is 0. The maximum absolute atomic E-state index is 12.4. The lowest BCUT2D eigenvalue weighted by atomic mass is 10.2. The summed E-state index contributed by atoms with van der Waals surface area (Å²) in [5.74, 6) is -1.21. The lowest BCUT2D eigenvalue weighted by Crippen LogP contribution is -2.16. The van der Waals surface area contributed by atoms with E-state index in [1.165, 1.54) is 12.1 Å². The number of phenols is 1. The molecule has 0 aliphatic rings. The van der Waals surface area contributed by atoms with Gasteiger partial charge in [-0.3, -0.25) is 0 Å². The van der Waals surface area contributed by atoms with Crippen molar-refractivity contribution < 1.29 is 23.8 Å². The summed E-state index contributed by atoms with van der Waals surface area (Å²) in [6, 6.07) is 12.8. The van der Waals surface area contributed by atoms with Crippen molar-refractivity contribution in [3.05, 3.63) is 64.5 Å². The van der Waals surface area contributed by atoms with E-state index in [9.17, 15) is 14.7 Å². The van der Waals surface area contributed by atoms with E-state index in [0.717, 1.165) is 12.8 Å². The largest absolute Gasteiger partial charge is 0.507 e. The van der Waals surface area contributed by atoms with Gasteiger partial charge in [-0.2, -0.15) is 0 Å². The van der Waals surface area contributed by atoms with E-state index >= 15 is 0 Å². The molecule has 0 bridgehead atoms. The Kier molecular flexibility index (Phi) is 5.22. The standard InChI is InChI=1S/C20H18O6/c1-2-3-12-24-17-16-14(21)10-7-11-15(16)25-20(23)18(17)26-19(22)13-8-5-4-6-9-13/h4-11,21H,2-3,12H2,1H3.